The largest absolute Gasteiger partial charge is 0.388 e. The molecule has 4 aliphatic rings. The lowest BCUT2D eigenvalue weighted by atomic mass is 10.1. The minimum Gasteiger partial charge on any atom is -0.388 e. The molecular weight excluding hydrogens is 1210 g/mol. The molecule has 4 N–H and O–H groups in total. The van der Waals surface area contributed by atoms with Gasteiger partial charge in [-0.15, -0.1) is 0 Å². The van der Waals surface area contributed by atoms with E-state index in [9.17, 15) is 24.0 Å². The molecule has 9 heterocycles. The Morgan fingerprint density at radius 1 is 0.526 bits per heavy atom. The van der Waals surface area contributed by atoms with E-state index in [1.807, 2.05) is 113 Å². The van der Waals surface area contributed by atoms with Crippen LogP contribution in [0.15, 0.2) is 139 Å². The Bertz CT molecular complexity index is 4680. The van der Waals surface area contributed by atoms with Crippen molar-refractivity contribution in [1.82, 2.24) is 67.4 Å². The van der Waals surface area contributed by atoms with Gasteiger partial charge in [0.05, 0.1) is 113 Å². The number of aryl methyl sites for hydroxylation is 4. The fourth-order valence-corrected chi connectivity index (χ4v) is 11.4. The van der Waals surface area contributed by atoms with Crippen LogP contribution in [0.25, 0.3) is 54.5 Å². The predicted octanol–water partition coefficient (Wildman–Crippen LogP) is 4.35. The topological polar surface area (TPSA) is 266 Å². The first-order valence-corrected chi connectivity index (χ1v) is 32.2. The summed E-state index contributed by atoms with van der Waals surface area (Å²) in [6.07, 6.45) is 9.07. The molecule has 0 bridgehead atoms. The van der Waals surface area contributed by atoms with Gasteiger partial charge in [0.1, 0.15) is 11.7 Å². The van der Waals surface area contributed by atoms with Crippen molar-refractivity contribution in [2.75, 3.05) is 154 Å². The zero-order chi connectivity index (χ0) is 67.1. The Balaban J connectivity index is 0.000000130. The number of ether oxygens (including phenoxy) is 2. The molecule has 2 fully saturated rings. The summed E-state index contributed by atoms with van der Waals surface area (Å²) in [5.74, 6) is 1.79. The Labute approximate surface area is 550 Å². The minimum absolute atomic E-state index is 0.0103. The van der Waals surface area contributed by atoms with Crippen molar-refractivity contribution in [2.45, 2.75) is 19.3 Å². The van der Waals surface area contributed by atoms with Crippen LogP contribution in [0.3, 0.4) is 0 Å². The van der Waals surface area contributed by atoms with E-state index in [0.29, 0.717) is 26.9 Å². The van der Waals surface area contributed by atoms with Crippen molar-refractivity contribution in [3.05, 3.63) is 179 Å². The van der Waals surface area contributed by atoms with Crippen molar-refractivity contribution < 1.29 is 9.47 Å². The van der Waals surface area contributed by atoms with Crippen LogP contribution < -0.4 is 49.1 Å². The summed E-state index contributed by atoms with van der Waals surface area (Å²) in [5, 5.41) is 16.5. The van der Waals surface area contributed by atoms with Crippen molar-refractivity contribution in [2.24, 2.45) is 40.2 Å². The summed E-state index contributed by atoms with van der Waals surface area (Å²) in [5.41, 5.74) is 10.0. The number of likely N-dealkylation sites (N-methyl/N-ethyl adjacent to an activating group) is 2. The van der Waals surface area contributed by atoms with Gasteiger partial charge in [0.25, 0.3) is 27.8 Å². The number of morpholine rings is 2. The molecule has 5 aromatic heterocycles. The molecule has 0 unspecified atom stereocenters. The molecule has 10 aromatic rings. The fraction of sp³-hybridized carbons (Fsp3) is 0.406. The number of benzene rings is 5. The quantitative estimate of drug-likeness (QED) is 0.110. The van der Waals surface area contributed by atoms with Gasteiger partial charge in [-0.2, -0.15) is 0 Å². The lowest BCUT2D eigenvalue weighted by molar-refractivity contribution is 0.0378. The summed E-state index contributed by atoms with van der Waals surface area (Å²) in [7, 11) is 16.5. The van der Waals surface area contributed by atoms with Crippen LogP contribution in [0.2, 0.25) is 0 Å². The van der Waals surface area contributed by atoms with Crippen LogP contribution in [-0.4, -0.2) is 206 Å². The number of amidine groups is 1. The number of hydrogen-bond acceptors (Lipinski definition) is 21. The number of aliphatic imine (C=N–C) groups is 1. The maximum Gasteiger partial charge on any atom is 0.261 e. The van der Waals surface area contributed by atoms with Gasteiger partial charge in [-0.3, -0.25) is 43.3 Å². The second kappa shape index (κ2) is 31.9. The Morgan fingerprint density at radius 3 is 1.55 bits per heavy atom. The minimum atomic E-state index is -0.0201. The second-order valence-corrected chi connectivity index (χ2v) is 24.2. The third-order valence-corrected chi connectivity index (χ3v) is 17.1. The molecule has 4 aliphatic heterocycles. The number of fused-ring (bicyclic) bond motifs is 6. The van der Waals surface area contributed by atoms with E-state index >= 15 is 0 Å². The van der Waals surface area contributed by atoms with Gasteiger partial charge in [-0.1, -0.05) is 6.07 Å². The number of nitrogens with one attached hydrogen (secondary N) is 4. The monoisotopic (exact) mass is 1290 g/mol. The van der Waals surface area contributed by atoms with Gasteiger partial charge in [0, 0.05) is 150 Å². The van der Waals surface area contributed by atoms with E-state index in [1.165, 1.54) is 23.8 Å². The fourth-order valence-electron chi connectivity index (χ4n) is 11.4. The van der Waals surface area contributed by atoms with Gasteiger partial charge < -0.3 is 58.8 Å². The lowest BCUT2D eigenvalue weighted by Crippen LogP contribution is -2.39. The Kier molecular flexibility index (Phi) is 22.9. The van der Waals surface area contributed by atoms with Crippen molar-refractivity contribution in [1.29, 1.82) is 0 Å². The lowest BCUT2D eigenvalue weighted by Gasteiger charge is -2.26. The maximum atomic E-state index is 12.3. The molecule has 14 rings (SSSR count). The average Bonchev–Trinajstić information content (AvgIpc) is 1.72. The van der Waals surface area contributed by atoms with Gasteiger partial charge in [-0.05, 0) is 118 Å². The highest BCUT2D eigenvalue weighted by Gasteiger charge is 2.18. The number of nitrogens with zero attached hydrogens (tertiary/aromatic N) is 15. The van der Waals surface area contributed by atoms with Crippen LogP contribution in [-0.2, 0) is 57.6 Å². The molecule has 0 spiro atoms. The van der Waals surface area contributed by atoms with Crippen molar-refractivity contribution in [3.8, 4) is 0 Å². The molecule has 0 saturated carbocycles. The zero-order valence-electron chi connectivity index (χ0n) is 55.9. The zero-order valence-corrected chi connectivity index (χ0v) is 55.9. The first-order valence-electron chi connectivity index (χ1n) is 32.2. The molecule has 0 aliphatic carbocycles. The summed E-state index contributed by atoms with van der Waals surface area (Å²) in [4.78, 5) is 95.1. The van der Waals surface area contributed by atoms with Crippen molar-refractivity contribution in [3.63, 3.8) is 0 Å². The number of anilines is 4. The highest BCUT2D eigenvalue weighted by Crippen LogP contribution is 2.26. The SMILES string of the molecule is CN1CCN=C1c1ccc2c(=O)n(C)cnc2c1.CNc1ccc2c(=O)n(C)c(CCN(C)C)nc2c1.Cn1cnc2cc(NCCCN3CCOCC3)ccc2c1=O.Cn1cnc2cc(NCCN3CCOCC3)ccc2c1=O.Cn1cnc2cc3c(cc2c1=O)CCN3. The van der Waals surface area contributed by atoms with Gasteiger partial charge in [0.15, 0.2) is 0 Å². The molecule has 2 saturated heterocycles. The maximum absolute atomic E-state index is 12.3. The van der Waals surface area contributed by atoms with E-state index in [2.05, 4.69) is 70.8 Å². The third kappa shape index (κ3) is 17.2. The Morgan fingerprint density at radius 2 is 1.01 bits per heavy atom. The highest BCUT2D eigenvalue weighted by atomic mass is 16.5. The van der Waals surface area contributed by atoms with Gasteiger partial charge in [-0.25, -0.2) is 24.9 Å². The van der Waals surface area contributed by atoms with E-state index in [1.54, 1.807) is 65.1 Å². The summed E-state index contributed by atoms with van der Waals surface area (Å²) < 4.78 is 18.3. The number of rotatable bonds is 14. The highest BCUT2D eigenvalue weighted by molar-refractivity contribution is 6.02. The Hall–Kier alpha value is -9.73. The predicted molar refractivity (Wildman–Crippen MR) is 379 cm³/mol. The first-order chi connectivity index (χ1) is 45.9. The van der Waals surface area contributed by atoms with Crippen LogP contribution in [0.1, 0.15) is 23.4 Å². The van der Waals surface area contributed by atoms with E-state index in [0.717, 1.165) is 192 Å². The molecule has 5 aromatic carbocycles. The number of hydrogen-bond donors (Lipinski definition) is 4. The standard InChI is InChI=1S/C16H22N4O2.C15H20N4O2.C14H20N4O.C13H14N4O.C11H11N3O/c1-19-12-18-15-11-13(3-4-14(15)16(19)21)17-5-2-6-20-7-9-22-10-8-20;1-18-11-17-14-10-12(2-3-13(14)15(18)20)16-4-5-19-6-8-21-9-7-19;1-15-10-5-6-11-12(9-10)16-13(7-8-17(2)3)18(4)14(11)19;1-16-6-5-14-12(16)9-3-4-10-11(7-9)15-8-17(2)13(10)18;1-14-6-13-10-5-9-7(2-3-12-9)4-8(10)11(14)15/h3-4,11-12,17H,2,5-10H2,1H3;2-3,10-11,16H,4-9H2,1H3;5-6,9,15H,7-8H2,1-4H3;3-4,7-8H,5-6H2,1-2H3;4-6,12H,2-3H2,1H3. The molecular formula is C69H87N19O7. The smallest absolute Gasteiger partial charge is 0.261 e. The normalized spacial score (nSPS) is 14.6. The molecule has 0 radical (unpaired) electrons. The molecule has 26 heteroatoms. The van der Waals surface area contributed by atoms with E-state index < -0.39 is 0 Å². The van der Waals surface area contributed by atoms with Crippen LogP contribution in [0.5, 0.6) is 0 Å². The second-order valence-electron chi connectivity index (χ2n) is 24.2. The third-order valence-electron chi connectivity index (χ3n) is 17.1. The summed E-state index contributed by atoms with van der Waals surface area (Å²) in [6, 6.07) is 26.7. The molecule has 0 amide bonds. The van der Waals surface area contributed by atoms with Crippen LogP contribution >= 0.6 is 0 Å². The number of aromatic nitrogens is 10. The van der Waals surface area contributed by atoms with Crippen LogP contribution in [0, 0.1) is 0 Å². The van der Waals surface area contributed by atoms with Crippen LogP contribution in [0.4, 0.5) is 22.7 Å². The van der Waals surface area contributed by atoms with Gasteiger partial charge >= 0.3 is 0 Å². The molecule has 0 atom stereocenters. The van der Waals surface area contributed by atoms with Crippen molar-refractivity contribution >= 4 is 83.1 Å². The van der Waals surface area contributed by atoms with Gasteiger partial charge in [0.2, 0.25) is 0 Å². The first kappa shape index (κ1) is 68.1. The molecule has 500 valence electrons. The van der Waals surface area contributed by atoms with E-state index in [-0.39, 0.29) is 27.8 Å². The molecule has 26 nitrogen and oxygen atoms in total. The summed E-state index contributed by atoms with van der Waals surface area (Å²) in [6.45, 7) is 14.8. The summed E-state index contributed by atoms with van der Waals surface area (Å²) >= 11 is 0. The molecule has 95 heavy (non-hydrogen) atoms. The van der Waals surface area contributed by atoms with E-state index in [4.69, 9.17) is 9.47 Å². The average molecular weight is 1290 g/mol.